The first-order valence-corrected chi connectivity index (χ1v) is 9.83. The molecule has 3 heteroatoms. The molecule has 0 atom stereocenters. The second kappa shape index (κ2) is 11.5. The summed E-state index contributed by atoms with van der Waals surface area (Å²) in [5.41, 5.74) is 2.98. The molecule has 0 radical (unpaired) electrons. The Balaban J connectivity index is 3.30. The van der Waals surface area contributed by atoms with E-state index in [1.165, 1.54) is 17.7 Å². The predicted molar refractivity (Wildman–Crippen MR) is 118 cm³/mol. The summed E-state index contributed by atoms with van der Waals surface area (Å²) in [6.07, 6.45) is 12.6. The molecule has 1 rings (SSSR count). The Labute approximate surface area is 169 Å². The minimum absolute atomic E-state index is 0.0352. The predicted octanol–water partition coefficient (Wildman–Crippen LogP) is 7.95. The molecule has 0 fully saturated rings. The second-order valence-electron chi connectivity index (χ2n) is 8.20. The minimum Gasteiger partial charge on any atom is -0.257 e. The first-order valence-electron chi connectivity index (χ1n) is 9.83. The van der Waals surface area contributed by atoms with E-state index in [4.69, 9.17) is 4.99 Å². The second-order valence-corrected chi connectivity index (χ2v) is 8.20. The summed E-state index contributed by atoms with van der Waals surface area (Å²) in [7, 11) is 0. The fourth-order valence-electron chi connectivity index (χ4n) is 2.73. The van der Waals surface area contributed by atoms with Crippen LogP contribution in [0.3, 0.4) is 0 Å². The van der Waals surface area contributed by atoms with Gasteiger partial charge in [-0.3, -0.25) is 4.99 Å². The highest BCUT2D eigenvalue weighted by Gasteiger charge is 2.16. The van der Waals surface area contributed by atoms with Gasteiger partial charge in [-0.2, -0.15) is 0 Å². The van der Waals surface area contributed by atoms with Crippen molar-refractivity contribution >= 4 is 5.71 Å². The van der Waals surface area contributed by atoms with E-state index in [-0.39, 0.29) is 11.0 Å². The van der Waals surface area contributed by atoms with Gasteiger partial charge in [0.25, 0.3) is 0 Å². The number of allylic oxidation sites excluding steroid dienone is 7. The average molecular weight is 386 g/mol. The van der Waals surface area contributed by atoms with E-state index in [0.717, 1.165) is 31.0 Å². The number of halogens is 2. The number of hydrogen-bond donors (Lipinski definition) is 0. The van der Waals surface area contributed by atoms with Gasteiger partial charge in [0.1, 0.15) is 11.6 Å². The molecule has 152 valence electrons. The van der Waals surface area contributed by atoms with Crippen molar-refractivity contribution in [1.29, 1.82) is 0 Å². The summed E-state index contributed by atoms with van der Waals surface area (Å²) in [5, 5.41) is 0. The quantitative estimate of drug-likeness (QED) is 0.302. The third kappa shape index (κ3) is 9.07. The Morgan fingerprint density at radius 1 is 1.18 bits per heavy atom. The van der Waals surface area contributed by atoms with E-state index in [1.807, 2.05) is 25.2 Å². The molecule has 28 heavy (non-hydrogen) atoms. The van der Waals surface area contributed by atoms with Crippen LogP contribution in [0.1, 0.15) is 65.9 Å². The Morgan fingerprint density at radius 2 is 1.89 bits per heavy atom. The van der Waals surface area contributed by atoms with Gasteiger partial charge in [0.2, 0.25) is 0 Å². The maximum absolute atomic E-state index is 14.3. The Bertz CT molecular complexity index is 774. The lowest BCUT2D eigenvalue weighted by Gasteiger charge is -2.19. The normalized spacial score (nSPS) is 14.0. The van der Waals surface area contributed by atoms with Crippen molar-refractivity contribution in [3.63, 3.8) is 0 Å². The van der Waals surface area contributed by atoms with E-state index >= 15 is 0 Å². The smallest absolute Gasteiger partial charge is 0.132 e. The van der Waals surface area contributed by atoms with E-state index in [9.17, 15) is 8.78 Å². The Kier molecular flexibility index (Phi) is 9.78. The van der Waals surface area contributed by atoms with Crippen molar-refractivity contribution in [2.45, 2.75) is 60.3 Å². The topological polar surface area (TPSA) is 12.4 Å². The minimum atomic E-state index is -0.450. The fourth-order valence-corrected chi connectivity index (χ4v) is 2.73. The molecule has 0 aliphatic heterocycles. The molecule has 1 aromatic carbocycles. The van der Waals surface area contributed by atoms with Gasteiger partial charge in [-0.1, -0.05) is 76.6 Å². The van der Waals surface area contributed by atoms with E-state index < -0.39 is 11.6 Å². The first-order chi connectivity index (χ1) is 13.2. The van der Waals surface area contributed by atoms with E-state index in [2.05, 4.69) is 40.3 Å². The molecule has 0 aliphatic rings. The van der Waals surface area contributed by atoms with Crippen LogP contribution in [-0.4, -0.2) is 5.71 Å². The van der Waals surface area contributed by atoms with Crippen molar-refractivity contribution in [2.75, 3.05) is 0 Å². The van der Waals surface area contributed by atoms with Crippen molar-refractivity contribution in [3.05, 3.63) is 83.6 Å². The van der Waals surface area contributed by atoms with Gasteiger partial charge in [-0.15, -0.1) is 0 Å². The molecule has 0 saturated carbocycles. The van der Waals surface area contributed by atoms with Gasteiger partial charge in [-0.05, 0) is 49.8 Å². The van der Waals surface area contributed by atoms with Crippen LogP contribution in [0, 0.1) is 17.0 Å². The van der Waals surface area contributed by atoms with Crippen molar-refractivity contribution in [3.8, 4) is 0 Å². The molecule has 0 amide bonds. The highest BCUT2D eigenvalue weighted by Crippen LogP contribution is 2.27. The van der Waals surface area contributed by atoms with Crippen molar-refractivity contribution in [2.24, 2.45) is 10.4 Å². The largest absolute Gasteiger partial charge is 0.257 e. The molecule has 0 saturated heterocycles. The van der Waals surface area contributed by atoms with Gasteiger partial charge >= 0.3 is 0 Å². The van der Waals surface area contributed by atoms with Crippen LogP contribution in [0.15, 0.2) is 71.4 Å². The number of nitrogens with zero attached hydrogens (tertiary/aromatic N) is 1. The maximum Gasteiger partial charge on any atom is 0.132 e. The van der Waals surface area contributed by atoms with Crippen LogP contribution in [0.2, 0.25) is 0 Å². The van der Waals surface area contributed by atoms with Crippen LogP contribution in [0.25, 0.3) is 0 Å². The van der Waals surface area contributed by atoms with Crippen molar-refractivity contribution < 1.29 is 8.78 Å². The number of benzene rings is 1. The number of hydrogen-bond acceptors (Lipinski definition) is 1. The molecule has 1 aromatic rings. The third-order valence-corrected chi connectivity index (χ3v) is 4.00. The summed E-state index contributed by atoms with van der Waals surface area (Å²) >= 11 is 0. The molecular weight excluding hydrogens is 352 g/mol. The Hall–Kier alpha value is -2.29. The van der Waals surface area contributed by atoms with Crippen LogP contribution in [-0.2, 0) is 0 Å². The summed E-state index contributed by atoms with van der Waals surface area (Å²) in [6, 6.07) is 3.55. The maximum atomic E-state index is 14.3. The monoisotopic (exact) mass is 385 g/mol. The molecular formula is C25H33F2N. The molecule has 0 spiro atoms. The zero-order valence-corrected chi connectivity index (χ0v) is 17.9. The van der Waals surface area contributed by atoms with Crippen LogP contribution < -0.4 is 0 Å². The molecule has 0 aromatic heterocycles. The molecule has 0 N–H and O–H groups in total. The van der Waals surface area contributed by atoms with Gasteiger partial charge in [0.05, 0.1) is 5.71 Å². The fraction of sp³-hybridized carbons (Fsp3) is 0.400. The lowest BCUT2D eigenvalue weighted by atomic mass is 9.90. The summed E-state index contributed by atoms with van der Waals surface area (Å²) in [5.74, 6) is -0.885. The van der Waals surface area contributed by atoms with E-state index in [1.54, 1.807) is 6.08 Å². The zero-order valence-electron chi connectivity index (χ0n) is 17.9. The molecule has 1 nitrogen and oxygen atoms in total. The van der Waals surface area contributed by atoms with Gasteiger partial charge in [0.15, 0.2) is 0 Å². The molecule has 0 bridgehead atoms. The van der Waals surface area contributed by atoms with Gasteiger partial charge in [-0.25, -0.2) is 8.78 Å². The highest BCUT2D eigenvalue weighted by atomic mass is 19.1. The van der Waals surface area contributed by atoms with Crippen LogP contribution in [0.5, 0.6) is 0 Å². The highest BCUT2D eigenvalue weighted by molar-refractivity contribution is 6.01. The number of aliphatic imine (C=N–C) groups is 1. The molecule has 0 aliphatic carbocycles. The van der Waals surface area contributed by atoms with Crippen molar-refractivity contribution in [1.82, 2.24) is 0 Å². The SMILES string of the molecule is C=C/C=C\C=C(/C)C/C=C(\CC(C)(C)C)N=C(CCC)c1cc(F)ccc1F. The summed E-state index contributed by atoms with van der Waals surface area (Å²) in [4.78, 5) is 4.80. The molecule has 0 heterocycles. The number of rotatable bonds is 9. The average Bonchev–Trinajstić information content (AvgIpc) is 2.60. The lowest BCUT2D eigenvalue weighted by Crippen LogP contribution is -2.09. The summed E-state index contributed by atoms with van der Waals surface area (Å²) in [6.45, 7) is 14.2. The standard InChI is InChI=1S/C25H33F2N/c1-7-9-10-12-19(3)13-15-21(18-25(4,5)6)28-24(11-8-2)22-17-20(26)14-16-23(22)27/h7,9-10,12,14-17H,1,8,11,13,18H2,2-6H3/b10-9-,19-12+,21-15+,28-24?. The first kappa shape index (κ1) is 23.7. The van der Waals surface area contributed by atoms with E-state index in [0.29, 0.717) is 12.1 Å². The lowest BCUT2D eigenvalue weighted by molar-refractivity contribution is 0.407. The van der Waals surface area contributed by atoms with Gasteiger partial charge < -0.3 is 0 Å². The van der Waals surface area contributed by atoms with Gasteiger partial charge in [0, 0.05) is 11.3 Å². The summed E-state index contributed by atoms with van der Waals surface area (Å²) < 4.78 is 28.0. The molecule has 0 unspecified atom stereocenters. The Morgan fingerprint density at radius 3 is 2.50 bits per heavy atom. The third-order valence-electron chi connectivity index (χ3n) is 4.00. The zero-order chi connectivity index (χ0) is 21.2. The van der Waals surface area contributed by atoms with Crippen LogP contribution >= 0.6 is 0 Å². The van der Waals surface area contributed by atoms with Crippen LogP contribution in [0.4, 0.5) is 8.78 Å².